The molecule has 20 heavy (non-hydrogen) atoms. The second kappa shape index (κ2) is 7.07. The predicted octanol–water partition coefficient (Wildman–Crippen LogP) is 5.37. The van der Waals surface area contributed by atoms with Crippen molar-refractivity contribution in [3.63, 3.8) is 0 Å². The van der Waals surface area contributed by atoms with Crippen molar-refractivity contribution < 1.29 is 4.39 Å². The maximum Gasteiger partial charge on any atom is 0.129 e. The van der Waals surface area contributed by atoms with Gasteiger partial charge in [0.15, 0.2) is 0 Å². The summed E-state index contributed by atoms with van der Waals surface area (Å²) in [5.41, 5.74) is 1.63. The number of hydrogen-bond donors (Lipinski definition) is 1. The van der Waals surface area contributed by atoms with Crippen LogP contribution in [0, 0.1) is 5.82 Å². The van der Waals surface area contributed by atoms with Crippen molar-refractivity contribution in [3.05, 3.63) is 69.5 Å². The molecule has 4 heteroatoms. The maximum atomic E-state index is 13.7. The quantitative estimate of drug-likeness (QED) is 0.782. The summed E-state index contributed by atoms with van der Waals surface area (Å²) in [4.78, 5) is 0. The highest BCUT2D eigenvalue weighted by Gasteiger charge is 2.12. The largest absolute Gasteiger partial charge is 0.306 e. The number of benzene rings is 2. The molecule has 1 unspecified atom stereocenters. The van der Waals surface area contributed by atoms with Gasteiger partial charge in [-0.2, -0.15) is 0 Å². The third-order valence-corrected chi connectivity index (χ3v) is 3.87. The van der Waals surface area contributed by atoms with Crippen LogP contribution in [0.1, 0.15) is 30.5 Å². The van der Waals surface area contributed by atoms with Gasteiger partial charge in [0.2, 0.25) is 0 Å². The van der Waals surface area contributed by atoms with Gasteiger partial charge in [0.25, 0.3) is 0 Å². The lowest BCUT2D eigenvalue weighted by molar-refractivity contribution is 0.504. The Bertz CT molecular complexity index is 549. The Morgan fingerprint density at radius 1 is 1.10 bits per heavy atom. The van der Waals surface area contributed by atoms with Crippen molar-refractivity contribution in [1.82, 2.24) is 5.32 Å². The molecular formula is C16H16Cl2FN. The summed E-state index contributed by atoms with van der Waals surface area (Å²) >= 11 is 11.9. The lowest BCUT2D eigenvalue weighted by atomic mass is 10.0. The SMILES string of the molecule is CCC(NCc1c(F)cccc1Cl)c1ccc(Cl)cc1. The topological polar surface area (TPSA) is 12.0 Å². The van der Waals surface area contributed by atoms with Gasteiger partial charge in [0.1, 0.15) is 5.82 Å². The van der Waals surface area contributed by atoms with E-state index >= 15 is 0 Å². The summed E-state index contributed by atoms with van der Waals surface area (Å²) in [5.74, 6) is -0.282. The van der Waals surface area contributed by atoms with Crippen molar-refractivity contribution >= 4 is 23.2 Å². The third-order valence-electron chi connectivity index (χ3n) is 3.27. The van der Waals surface area contributed by atoms with Gasteiger partial charge in [-0.15, -0.1) is 0 Å². The first-order valence-corrected chi connectivity index (χ1v) is 7.29. The Morgan fingerprint density at radius 2 is 1.80 bits per heavy atom. The van der Waals surface area contributed by atoms with Gasteiger partial charge in [-0.1, -0.05) is 48.3 Å². The van der Waals surface area contributed by atoms with Crippen molar-refractivity contribution in [2.75, 3.05) is 0 Å². The van der Waals surface area contributed by atoms with Gasteiger partial charge >= 0.3 is 0 Å². The molecule has 0 aliphatic carbocycles. The summed E-state index contributed by atoms with van der Waals surface area (Å²) in [6.07, 6.45) is 0.897. The zero-order valence-electron chi connectivity index (χ0n) is 11.2. The molecular weight excluding hydrogens is 296 g/mol. The monoisotopic (exact) mass is 311 g/mol. The van der Waals surface area contributed by atoms with E-state index < -0.39 is 0 Å². The lowest BCUT2D eigenvalue weighted by Gasteiger charge is -2.18. The normalized spacial score (nSPS) is 12.4. The Labute approximate surface area is 128 Å². The molecule has 0 radical (unpaired) electrons. The molecule has 0 saturated heterocycles. The van der Waals surface area contributed by atoms with E-state index in [2.05, 4.69) is 12.2 Å². The van der Waals surface area contributed by atoms with Crippen LogP contribution in [0.15, 0.2) is 42.5 Å². The van der Waals surface area contributed by atoms with Crippen LogP contribution in [0.4, 0.5) is 4.39 Å². The van der Waals surface area contributed by atoms with Gasteiger partial charge in [-0.05, 0) is 36.2 Å². The molecule has 2 aromatic rings. The molecule has 2 rings (SSSR count). The Kier molecular flexibility index (Phi) is 5.41. The number of nitrogens with one attached hydrogen (secondary N) is 1. The van der Waals surface area contributed by atoms with Crippen LogP contribution in [0.3, 0.4) is 0 Å². The highest BCUT2D eigenvalue weighted by molar-refractivity contribution is 6.31. The van der Waals surface area contributed by atoms with Crippen LogP contribution in [0.25, 0.3) is 0 Å². The third kappa shape index (κ3) is 3.72. The zero-order valence-corrected chi connectivity index (χ0v) is 12.7. The van der Waals surface area contributed by atoms with Gasteiger partial charge in [0.05, 0.1) is 0 Å². The minimum atomic E-state index is -0.282. The molecule has 0 aliphatic heterocycles. The standard InChI is InChI=1S/C16H16Cl2FN/c1-2-16(11-6-8-12(17)9-7-11)20-10-13-14(18)4-3-5-15(13)19/h3-9,16,20H,2,10H2,1H3. The van der Waals surface area contributed by atoms with Gasteiger partial charge in [0, 0.05) is 28.2 Å². The summed E-state index contributed by atoms with van der Waals surface area (Å²) in [6, 6.07) is 12.5. The molecule has 1 atom stereocenters. The fraction of sp³-hybridized carbons (Fsp3) is 0.250. The minimum absolute atomic E-state index is 0.142. The Hall–Kier alpha value is -1.09. The van der Waals surface area contributed by atoms with E-state index in [4.69, 9.17) is 23.2 Å². The molecule has 0 spiro atoms. The van der Waals surface area contributed by atoms with Crippen molar-refractivity contribution in [2.24, 2.45) is 0 Å². The van der Waals surface area contributed by atoms with E-state index in [1.165, 1.54) is 6.07 Å². The van der Waals surface area contributed by atoms with E-state index in [1.807, 2.05) is 24.3 Å². The number of rotatable bonds is 5. The second-order valence-electron chi connectivity index (χ2n) is 4.59. The summed E-state index contributed by atoms with van der Waals surface area (Å²) in [7, 11) is 0. The first-order valence-electron chi connectivity index (χ1n) is 6.53. The van der Waals surface area contributed by atoms with Crippen LogP contribution in [-0.2, 0) is 6.54 Å². The molecule has 1 N–H and O–H groups in total. The van der Waals surface area contributed by atoms with Crippen LogP contribution >= 0.6 is 23.2 Å². The Morgan fingerprint density at radius 3 is 2.40 bits per heavy atom. The zero-order chi connectivity index (χ0) is 14.5. The molecule has 2 aromatic carbocycles. The molecule has 0 aromatic heterocycles. The maximum absolute atomic E-state index is 13.7. The van der Waals surface area contributed by atoms with Gasteiger partial charge in [-0.25, -0.2) is 4.39 Å². The second-order valence-corrected chi connectivity index (χ2v) is 5.44. The molecule has 0 fully saturated rings. The number of hydrogen-bond acceptors (Lipinski definition) is 1. The van der Waals surface area contributed by atoms with E-state index in [0.717, 1.165) is 12.0 Å². The first-order chi connectivity index (χ1) is 9.61. The predicted molar refractivity (Wildman–Crippen MR) is 82.7 cm³/mol. The van der Waals surface area contributed by atoms with E-state index in [-0.39, 0.29) is 11.9 Å². The van der Waals surface area contributed by atoms with Gasteiger partial charge in [-0.3, -0.25) is 0 Å². The van der Waals surface area contributed by atoms with Crippen LogP contribution in [0.5, 0.6) is 0 Å². The Balaban J connectivity index is 2.09. The number of halogens is 3. The fourth-order valence-corrected chi connectivity index (χ4v) is 2.48. The molecule has 1 nitrogen and oxygen atoms in total. The average Bonchev–Trinajstić information content (AvgIpc) is 2.44. The molecule has 0 amide bonds. The van der Waals surface area contributed by atoms with E-state index in [0.29, 0.717) is 22.2 Å². The average molecular weight is 312 g/mol. The van der Waals surface area contributed by atoms with E-state index in [1.54, 1.807) is 12.1 Å². The van der Waals surface area contributed by atoms with Crippen LogP contribution in [-0.4, -0.2) is 0 Å². The molecule has 106 valence electrons. The van der Waals surface area contributed by atoms with Gasteiger partial charge < -0.3 is 5.32 Å². The molecule has 0 heterocycles. The lowest BCUT2D eigenvalue weighted by Crippen LogP contribution is -2.21. The van der Waals surface area contributed by atoms with Crippen molar-refractivity contribution in [3.8, 4) is 0 Å². The van der Waals surface area contributed by atoms with Crippen LogP contribution in [0.2, 0.25) is 10.0 Å². The summed E-state index contributed by atoms with van der Waals surface area (Å²) < 4.78 is 13.7. The smallest absolute Gasteiger partial charge is 0.129 e. The highest BCUT2D eigenvalue weighted by atomic mass is 35.5. The minimum Gasteiger partial charge on any atom is -0.306 e. The van der Waals surface area contributed by atoms with E-state index in [9.17, 15) is 4.39 Å². The fourth-order valence-electron chi connectivity index (χ4n) is 2.12. The van der Waals surface area contributed by atoms with Crippen molar-refractivity contribution in [2.45, 2.75) is 25.9 Å². The highest BCUT2D eigenvalue weighted by Crippen LogP contribution is 2.22. The summed E-state index contributed by atoms with van der Waals surface area (Å²) in [5, 5.41) is 4.49. The summed E-state index contributed by atoms with van der Waals surface area (Å²) in [6.45, 7) is 2.47. The molecule has 0 aliphatic rings. The molecule has 0 bridgehead atoms. The van der Waals surface area contributed by atoms with Crippen molar-refractivity contribution in [1.29, 1.82) is 0 Å². The molecule has 0 saturated carbocycles. The first kappa shape index (κ1) is 15.3. The van der Waals surface area contributed by atoms with Crippen LogP contribution < -0.4 is 5.32 Å².